The molecule has 1 atom stereocenters. The molecule has 0 aromatic rings. The summed E-state index contributed by atoms with van der Waals surface area (Å²) >= 11 is 2.01. The molecule has 23 heavy (non-hydrogen) atoms. The van der Waals surface area contributed by atoms with Crippen molar-refractivity contribution in [1.82, 2.24) is 10.6 Å². The summed E-state index contributed by atoms with van der Waals surface area (Å²) in [5.41, 5.74) is 1.33. The lowest BCUT2D eigenvalue weighted by Crippen LogP contribution is -2.64. The van der Waals surface area contributed by atoms with E-state index in [0.717, 1.165) is 11.3 Å². The average Bonchev–Trinajstić information content (AvgIpc) is 2.34. The molecular formula is C15H24IN3O3S. The Morgan fingerprint density at radius 3 is 2.48 bits per heavy atom. The Hall–Kier alpha value is -0.640. The Morgan fingerprint density at radius 2 is 2.00 bits per heavy atom. The minimum absolute atomic E-state index is 0.0229. The SMILES string of the molecule is CC(C)NC1=C(C(=N)I)CC[C@@H](C(=O)NC2(C)CS(=O)(=O)C2)C1. The topological polar surface area (TPSA) is 99.1 Å². The summed E-state index contributed by atoms with van der Waals surface area (Å²) in [6.45, 7) is 5.85. The van der Waals surface area contributed by atoms with Crippen LogP contribution in [-0.2, 0) is 14.6 Å². The highest BCUT2D eigenvalue weighted by Gasteiger charge is 2.46. The van der Waals surface area contributed by atoms with Crippen molar-refractivity contribution >= 4 is 42.1 Å². The molecule has 0 radical (unpaired) electrons. The second-order valence-corrected chi connectivity index (χ2v) is 10.2. The molecule has 6 nitrogen and oxygen atoms in total. The van der Waals surface area contributed by atoms with Crippen LogP contribution in [0.1, 0.15) is 40.0 Å². The van der Waals surface area contributed by atoms with Gasteiger partial charge >= 0.3 is 0 Å². The van der Waals surface area contributed by atoms with Gasteiger partial charge in [0.2, 0.25) is 5.91 Å². The van der Waals surface area contributed by atoms with E-state index < -0.39 is 15.4 Å². The average molecular weight is 453 g/mol. The predicted molar refractivity (Wildman–Crippen MR) is 99.6 cm³/mol. The predicted octanol–water partition coefficient (Wildman–Crippen LogP) is 1.75. The van der Waals surface area contributed by atoms with Gasteiger partial charge in [-0.15, -0.1) is 0 Å². The van der Waals surface area contributed by atoms with Crippen molar-refractivity contribution in [2.24, 2.45) is 5.92 Å². The summed E-state index contributed by atoms with van der Waals surface area (Å²) in [5.74, 6) is -0.204. The van der Waals surface area contributed by atoms with E-state index >= 15 is 0 Å². The maximum absolute atomic E-state index is 12.5. The molecule has 130 valence electrons. The number of allylic oxidation sites excluding steroid dienone is 2. The Balaban J connectivity index is 2.05. The van der Waals surface area contributed by atoms with Crippen LogP contribution in [0.4, 0.5) is 0 Å². The Morgan fingerprint density at radius 1 is 1.39 bits per heavy atom. The molecule has 1 saturated heterocycles. The third-order valence-electron chi connectivity index (χ3n) is 4.16. The molecular weight excluding hydrogens is 429 g/mol. The fraction of sp³-hybridized carbons (Fsp3) is 0.733. The number of hydrogen-bond acceptors (Lipinski definition) is 5. The summed E-state index contributed by atoms with van der Waals surface area (Å²) in [6, 6.07) is 0.242. The first-order valence-electron chi connectivity index (χ1n) is 7.77. The third-order valence-corrected chi connectivity index (χ3v) is 6.96. The van der Waals surface area contributed by atoms with E-state index in [2.05, 4.69) is 10.6 Å². The van der Waals surface area contributed by atoms with Gasteiger partial charge in [-0.1, -0.05) is 0 Å². The first kappa shape index (κ1) is 18.7. The maximum atomic E-state index is 12.5. The highest BCUT2D eigenvalue weighted by atomic mass is 127. The first-order chi connectivity index (χ1) is 10.5. The lowest BCUT2D eigenvalue weighted by atomic mass is 9.86. The molecule has 1 fully saturated rings. The highest BCUT2D eigenvalue weighted by molar-refractivity contribution is 14.1. The maximum Gasteiger partial charge on any atom is 0.223 e. The largest absolute Gasteiger partial charge is 0.386 e. The van der Waals surface area contributed by atoms with Crippen molar-refractivity contribution in [3.05, 3.63) is 11.3 Å². The van der Waals surface area contributed by atoms with Crippen molar-refractivity contribution < 1.29 is 13.2 Å². The quantitative estimate of drug-likeness (QED) is 0.437. The number of hydrogen-bond donors (Lipinski definition) is 3. The van der Waals surface area contributed by atoms with Crippen LogP contribution in [0.25, 0.3) is 0 Å². The van der Waals surface area contributed by atoms with Gasteiger partial charge in [-0.25, -0.2) is 8.42 Å². The summed E-state index contributed by atoms with van der Waals surface area (Å²) in [7, 11) is -2.98. The van der Waals surface area contributed by atoms with E-state index in [1.54, 1.807) is 6.92 Å². The highest BCUT2D eigenvalue weighted by Crippen LogP contribution is 2.32. The molecule has 0 saturated carbocycles. The van der Waals surface area contributed by atoms with Crippen molar-refractivity contribution in [3.63, 3.8) is 0 Å². The minimum Gasteiger partial charge on any atom is -0.386 e. The van der Waals surface area contributed by atoms with Crippen molar-refractivity contribution in [1.29, 1.82) is 5.41 Å². The van der Waals surface area contributed by atoms with Crippen LogP contribution in [0.2, 0.25) is 0 Å². The molecule has 2 aliphatic rings. The fourth-order valence-corrected chi connectivity index (χ4v) is 5.90. The number of carbonyl (C=O) groups is 1. The summed E-state index contributed by atoms with van der Waals surface area (Å²) in [4.78, 5) is 12.5. The summed E-state index contributed by atoms with van der Waals surface area (Å²) < 4.78 is 23.2. The zero-order valence-corrected chi connectivity index (χ0v) is 16.7. The Labute approximate surface area is 151 Å². The number of halogens is 1. The molecule has 0 aromatic heterocycles. The summed E-state index contributed by atoms with van der Waals surface area (Å²) in [6.07, 6.45) is 1.97. The van der Waals surface area contributed by atoms with Gasteiger partial charge in [-0.3, -0.25) is 10.2 Å². The van der Waals surface area contributed by atoms with Crippen molar-refractivity contribution in [3.8, 4) is 0 Å². The van der Waals surface area contributed by atoms with Gasteiger partial charge in [0.05, 0.1) is 20.8 Å². The van der Waals surface area contributed by atoms with Crippen LogP contribution in [0, 0.1) is 11.3 Å². The molecule has 0 bridgehead atoms. The van der Waals surface area contributed by atoms with E-state index in [0.29, 0.717) is 23.0 Å². The molecule has 8 heteroatoms. The van der Waals surface area contributed by atoms with Gasteiger partial charge < -0.3 is 10.6 Å². The molecule has 1 amide bonds. The van der Waals surface area contributed by atoms with Crippen LogP contribution >= 0.6 is 22.6 Å². The molecule has 0 unspecified atom stereocenters. The van der Waals surface area contributed by atoms with E-state index in [9.17, 15) is 13.2 Å². The second-order valence-electron chi connectivity index (χ2n) is 7.09. The van der Waals surface area contributed by atoms with Gasteiger partial charge in [-0.05, 0) is 62.6 Å². The Kier molecular flexibility index (Phi) is 5.44. The molecule has 1 aliphatic heterocycles. The van der Waals surface area contributed by atoms with Crippen LogP contribution < -0.4 is 10.6 Å². The fourth-order valence-electron chi connectivity index (χ4n) is 3.30. The van der Waals surface area contributed by atoms with Gasteiger partial charge in [-0.2, -0.15) is 0 Å². The molecule has 1 heterocycles. The normalized spacial score (nSPS) is 25.7. The molecule has 0 aromatic carbocycles. The van der Waals surface area contributed by atoms with Crippen LogP contribution in [-0.4, -0.2) is 41.1 Å². The smallest absolute Gasteiger partial charge is 0.223 e. The Bertz CT molecular complexity index is 643. The van der Waals surface area contributed by atoms with Gasteiger partial charge in [0.1, 0.15) is 0 Å². The van der Waals surface area contributed by atoms with Crippen LogP contribution in [0.5, 0.6) is 0 Å². The lowest BCUT2D eigenvalue weighted by Gasteiger charge is -2.40. The molecule has 2 rings (SSSR count). The van der Waals surface area contributed by atoms with Crippen molar-refractivity contribution in [2.45, 2.75) is 51.6 Å². The number of amides is 1. The second kappa shape index (κ2) is 6.70. The zero-order chi connectivity index (χ0) is 17.4. The van der Waals surface area contributed by atoms with E-state index in [1.807, 2.05) is 36.4 Å². The van der Waals surface area contributed by atoms with Gasteiger partial charge in [0.25, 0.3) is 0 Å². The van der Waals surface area contributed by atoms with Crippen molar-refractivity contribution in [2.75, 3.05) is 11.5 Å². The van der Waals surface area contributed by atoms with Crippen LogP contribution in [0.15, 0.2) is 11.3 Å². The number of sulfone groups is 1. The monoisotopic (exact) mass is 453 g/mol. The van der Waals surface area contributed by atoms with Gasteiger partial charge in [0, 0.05) is 23.2 Å². The first-order valence-corrected chi connectivity index (χ1v) is 10.7. The van der Waals surface area contributed by atoms with E-state index in [4.69, 9.17) is 5.41 Å². The molecule has 0 spiro atoms. The minimum atomic E-state index is -2.98. The molecule has 3 N–H and O–H groups in total. The lowest BCUT2D eigenvalue weighted by molar-refractivity contribution is -0.126. The standard InChI is InChI=1S/C15H24IN3O3S/c1-9(2)18-12-6-10(4-5-11(12)13(16)17)14(20)19-15(3)7-23(21,22)8-15/h9-10,17-18H,4-8H2,1-3H3,(H,19,20)/t10-/m1/s1. The zero-order valence-electron chi connectivity index (χ0n) is 13.7. The van der Waals surface area contributed by atoms with Crippen LogP contribution in [0.3, 0.4) is 0 Å². The molecule has 1 aliphatic carbocycles. The van der Waals surface area contributed by atoms with E-state index in [1.165, 1.54) is 0 Å². The van der Waals surface area contributed by atoms with E-state index in [-0.39, 0.29) is 29.4 Å². The number of rotatable bonds is 5. The third kappa shape index (κ3) is 4.68. The van der Waals surface area contributed by atoms with Gasteiger partial charge in [0.15, 0.2) is 9.84 Å². The number of carbonyl (C=O) groups excluding carboxylic acids is 1. The summed E-state index contributed by atoms with van der Waals surface area (Å²) in [5, 5.41) is 14.2. The number of nitrogens with one attached hydrogen (secondary N) is 3.